The summed E-state index contributed by atoms with van der Waals surface area (Å²) in [5.74, 6) is -0.732. The molecule has 30 heavy (non-hydrogen) atoms. The maximum Gasteiger partial charge on any atom is 0.329 e. The van der Waals surface area contributed by atoms with Crippen LogP contribution >= 0.6 is 11.3 Å². The maximum absolute atomic E-state index is 13.8. The highest BCUT2D eigenvalue weighted by molar-refractivity contribution is 7.19. The largest absolute Gasteiger partial charge is 0.480 e. The third kappa shape index (κ3) is 3.13. The fourth-order valence-corrected chi connectivity index (χ4v) is 4.66. The van der Waals surface area contributed by atoms with Crippen LogP contribution in [0.4, 0.5) is 0 Å². The number of carbonyl (C=O) groups is 1. The van der Waals surface area contributed by atoms with E-state index in [1.165, 1.54) is 29.8 Å². The van der Waals surface area contributed by atoms with Crippen LogP contribution < -0.4 is 5.56 Å². The second-order valence-corrected chi connectivity index (χ2v) is 9.09. The van der Waals surface area contributed by atoms with Crippen LogP contribution in [0.5, 0.6) is 0 Å². The molecule has 6 heteroatoms. The molecule has 0 aliphatic heterocycles. The highest BCUT2D eigenvalue weighted by Gasteiger charge is 2.35. The van der Waals surface area contributed by atoms with Gasteiger partial charge in [-0.05, 0) is 33.3 Å². The summed E-state index contributed by atoms with van der Waals surface area (Å²) in [5.41, 5.74) is 1.77. The van der Waals surface area contributed by atoms with Crippen molar-refractivity contribution in [3.05, 3.63) is 75.4 Å². The molecule has 1 N–H and O–H groups in total. The molecule has 2 heterocycles. The van der Waals surface area contributed by atoms with E-state index in [2.05, 4.69) is 0 Å². The lowest BCUT2D eigenvalue weighted by Gasteiger charge is -2.25. The van der Waals surface area contributed by atoms with Crippen molar-refractivity contribution in [1.82, 2.24) is 9.55 Å². The molecule has 5 nitrogen and oxygen atoms in total. The number of nitrogens with zero attached hydrogens (tertiary/aromatic N) is 2. The van der Waals surface area contributed by atoms with E-state index in [4.69, 9.17) is 4.98 Å². The highest BCUT2D eigenvalue weighted by atomic mass is 32.1. The van der Waals surface area contributed by atoms with Crippen molar-refractivity contribution in [3.8, 4) is 22.5 Å². The van der Waals surface area contributed by atoms with E-state index in [9.17, 15) is 14.7 Å². The number of fused-ring (bicyclic) bond motifs is 1. The number of benzene rings is 2. The van der Waals surface area contributed by atoms with Crippen molar-refractivity contribution in [2.45, 2.75) is 33.2 Å². The molecule has 4 aromatic rings. The van der Waals surface area contributed by atoms with Gasteiger partial charge in [0.15, 0.2) is 0 Å². The van der Waals surface area contributed by atoms with Crippen LogP contribution in [-0.2, 0) is 10.3 Å². The number of aliphatic carboxylic acids is 1. The standard InChI is InChI=1S/C24H22N2O3S/c1-14-10-12-16(13-11-14)18-15(2)30-21-19(18)22(27)26(24(3,4)23(28)29)20(25-21)17-8-6-5-7-9-17/h5-13H,1-4H3,(H,28,29). The van der Waals surface area contributed by atoms with Gasteiger partial charge in [-0.15, -0.1) is 11.3 Å². The van der Waals surface area contributed by atoms with Crippen molar-refractivity contribution in [2.24, 2.45) is 0 Å². The molecular weight excluding hydrogens is 396 g/mol. The smallest absolute Gasteiger partial charge is 0.329 e. The lowest BCUT2D eigenvalue weighted by molar-refractivity contribution is -0.145. The summed E-state index contributed by atoms with van der Waals surface area (Å²) in [6.45, 7) is 7.04. The van der Waals surface area contributed by atoms with Gasteiger partial charge in [-0.2, -0.15) is 0 Å². The number of carboxylic acid groups (broad SMARTS) is 1. The topological polar surface area (TPSA) is 72.2 Å². The summed E-state index contributed by atoms with van der Waals surface area (Å²) in [6, 6.07) is 17.2. The molecule has 0 radical (unpaired) electrons. The van der Waals surface area contributed by atoms with E-state index in [1.807, 2.05) is 68.4 Å². The third-order valence-corrected chi connectivity index (χ3v) is 6.36. The molecule has 0 saturated carbocycles. The number of aryl methyl sites for hydroxylation is 2. The van der Waals surface area contributed by atoms with Crippen molar-refractivity contribution < 1.29 is 9.90 Å². The zero-order valence-corrected chi connectivity index (χ0v) is 18.1. The van der Waals surface area contributed by atoms with Gasteiger partial charge in [-0.25, -0.2) is 9.78 Å². The average Bonchev–Trinajstić information content (AvgIpc) is 3.05. The van der Waals surface area contributed by atoms with Crippen LogP contribution in [0.15, 0.2) is 59.4 Å². The Morgan fingerprint density at radius 1 is 1.00 bits per heavy atom. The van der Waals surface area contributed by atoms with Gasteiger partial charge in [0.1, 0.15) is 16.2 Å². The second-order valence-electron chi connectivity index (χ2n) is 7.89. The van der Waals surface area contributed by atoms with Crippen LogP contribution in [0.25, 0.3) is 32.7 Å². The summed E-state index contributed by atoms with van der Waals surface area (Å²) in [4.78, 5) is 32.3. The third-order valence-electron chi connectivity index (χ3n) is 5.36. The Morgan fingerprint density at radius 3 is 2.23 bits per heavy atom. The van der Waals surface area contributed by atoms with E-state index >= 15 is 0 Å². The first-order valence-corrected chi connectivity index (χ1v) is 10.5. The minimum Gasteiger partial charge on any atom is -0.480 e. The highest BCUT2D eigenvalue weighted by Crippen LogP contribution is 2.37. The van der Waals surface area contributed by atoms with Gasteiger partial charge in [-0.3, -0.25) is 9.36 Å². The van der Waals surface area contributed by atoms with Crippen LogP contribution in [0, 0.1) is 13.8 Å². The predicted molar refractivity (Wildman–Crippen MR) is 121 cm³/mol. The predicted octanol–water partition coefficient (Wildman–Crippen LogP) is 5.23. The van der Waals surface area contributed by atoms with Crippen molar-refractivity contribution >= 4 is 27.5 Å². The summed E-state index contributed by atoms with van der Waals surface area (Å²) >= 11 is 1.46. The molecular formula is C24H22N2O3S. The number of thiophene rings is 1. The number of hydrogen-bond acceptors (Lipinski definition) is 4. The van der Waals surface area contributed by atoms with E-state index < -0.39 is 11.5 Å². The van der Waals surface area contributed by atoms with Gasteiger partial charge >= 0.3 is 5.97 Å². The van der Waals surface area contributed by atoms with Gasteiger partial charge in [-0.1, -0.05) is 60.2 Å². The minimum atomic E-state index is -1.47. The van der Waals surface area contributed by atoms with Crippen LogP contribution in [0.1, 0.15) is 24.3 Å². The van der Waals surface area contributed by atoms with Gasteiger partial charge in [0.25, 0.3) is 5.56 Å². The number of carboxylic acids is 1. The molecule has 4 rings (SSSR count). The molecule has 0 spiro atoms. The Labute approximate surface area is 178 Å². The van der Waals surface area contributed by atoms with Crippen LogP contribution in [-0.4, -0.2) is 20.6 Å². The second kappa shape index (κ2) is 7.22. The van der Waals surface area contributed by atoms with Crippen LogP contribution in [0.3, 0.4) is 0 Å². The van der Waals surface area contributed by atoms with Gasteiger partial charge in [0.2, 0.25) is 0 Å². The van der Waals surface area contributed by atoms with Crippen LogP contribution in [0.2, 0.25) is 0 Å². The molecule has 0 atom stereocenters. The molecule has 2 aromatic heterocycles. The number of rotatable bonds is 4. The Kier molecular flexibility index (Phi) is 4.82. The summed E-state index contributed by atoms with van der Waals surface area (Å²) in [7, 11) is 0. The van der Waals surface area contributed by atoms with E-state index in [0.717, 1.165) is 21.6 Å². The summed E-state index contributed by atoms with van der Waals surface area (Å²) in [5, 5.41) is 10.4. The number of aromatic nitrogens is 2. The number of hydrogen-bond donors (Lipinski definition) is 1. The Hall–Kier alpha value is -3.25. The molecule has 2 aromatic carbocycles. The molecule has 0 aliphatic carbocycles. The van der Waals surface area contributed by atoms with Crippen molar-refractivity contribution in [2.75, 3.05) is 0 Å². The van der Waals surface area contributed by atoms with E-state index in [1.54, 1.807) is 0 Å². The Balaban J connectivity index is 2.14. The zero-order chi connectivity index (χ0) is 21.6. The van der Waals surface area contributed by atoms with Gasteiger partial charge in [0, 0.05) is 16.0 Å². The molecule has 0 amide bonds. The summed E-state index contributed by atoms with van der Waals surface area (Å²) in [6.07, 6.45) is 0. The minimum absolute atomic E-state index is 0.342. The normalized spacial score (nSPS) is 11.7. The molecule has 0 unspecified atom stereocenters. The average molecular weight is 419 g/mol. The first-order valence-electron chi connectivity index (χ1n) is 9.64. The molecule has 0 saturated heterocycles. The zero-order valence-electron chi connectivity index (χ0n) is 17.3. The lowest BCUT2D eigenvalue weighted by atomic mass is 10.0. The van der Waals surface area contributed by atoms with E-state index in [-0.39, 0.29) is 5.56 Å². The first-order chi connectivity index (χ1) is 14.2. The van der Waals surface area contributed by atoms with Gasteiger partial charge < -0.3 is 5.11 Å². The molecule has 0 bridgehead atoms. The maximum atomic E-state index is 13.8. The van der Waals surface area contributed by atoms with Crippen molar-refractivity contribution in [3.63, 3.8) is 0 Å². The molecule has 0 fully saturated rings. The van der Waals surface area contributed by atoms with E-state index in [0.29, 0.717) is 21.6 Å². The Morgan fingerprint density at radius 2 is 1.63 bits per heavy atom. The Bertz CT molecular complexity index is 1320. The molecule has 0 aliphatic rings. The monoisotopic (exact) mass is 418 g/mol. The van der Waals surface area contributed by atoms with Gasteiger partial charge in [0.05, 0.1) is 5.39 Å². The summed E-state index contributed by atoms with van der Waals surface area (Å²) < 4.78 is 1.32. The fourth-order valence-electron chi connectivity index (χ4n) is 3.62. The SMILES string of the molecule is Cc1ccc(-c2c(C)sc3nc(-c4ccccc4)n(C(C)(C)C(=O)O)c(=O)c23)cc1. The molecule has 152 valence electrons. The first kappa shape index (κ1) is 20.0. The fraction of sp³-hybridized carbons (Fsp3) is 0.208. The van der Waals surface area contributed by atoms with Crippen molar-refractivity contribution in [1.29, 1.82) is 0 Å². The quantitative estimate of drug-likeness (QED) is 0.493. The lowest BCUT2D eigenvalue weighted by Crippen LogP contribution is -2.44.